The number of rotatable bonds is 7. The number of carbonyl (C=O) groups excluding carboxylic acids is 1. The first-order valence-corrected chi connectivity index (χ1v) is 6.88. The normalized spacial score (nSPS) is 13.4. The molecule has 0 aliphatic rings. The molecule has 2 nitrogen and oxygen atoms in total. The van der Waals surface area contributed by atoms with Crippen molar-refractivity contribution in [1.82, 2.24) is 0 Å². The summed E-state index contributed by atoms with van der Waals surface area (Å²) >= 11 is 0. The minimum atomic E-state index is -6.95. The summed E-state index contributed by atoms with van der Waals surface area (Å²) in [6.07, 6.45) is -8.37. The molecule has 1 amide bonds. The Balaban J connectivity index is 3.11. The van der Waals surface area contributed by atoms with E-state index in [0.29, 0.717) is 11.0 Å². The van der Waals surface area contributed by atoms with Gasteiger partial charge in [-0.05, 0) is 18.2 Å². The first-order valence-electron chi connectivity index (χ1n) is 6.88. The molecule has 1 rings (SSSR count). The Morgan fingerprint density at radius 1 is 0.923 bits per heavy atom. The van der Waals surface area contributed by atoms with Gasteiger partial charge in [-0.25, -0.2) is 0 Å². The van der Waals surface area contributed by atoms with Crippen molar-refractivity contribution in [2.75, 3.05) is 11.4 Å². The van der Waals surface area contributed by atoms with Gasteiger partial charge in [0.05, 0.1) is 0 Å². The molecular formula is C15H12F9NO. The second-order valence-corrected chi connectivity index (χ2v) is 5.13. The third-order valence-corrected chi connectivity index (χ3v) is 3.37. The predicted octanol–water partition coefficient (Wildman–Crippen LogP) is 5.06. The summed E-state index contributed by atoms with van der Waals surface area (Å²) in [6.45, 7) is 1.83. The first-order chi connectivity index (χ1) is 11.7. The zero-order chi connectivity index (χ0) is 20.4. The van der Waals surface area contributed by atoms with Crippen molar-refractivity contribution in [2.24, 2.45) is 0 Å². The van der Waals surface area contributed by atoms with Crippen molar-refractivity contribution in [1.29, 1.82) is 0 Å². The Bertz CT molecular complexity index is 640. The molecule has 0 saturated carbocycles. The lowest BCUT2D eigenvalue weighted by molar-refractivity contribution is -0.396. The maximum absolute atomic E-state index is 13.6. The van der Waals surface area contributed by atoms with Gasteiger partial charge >= 0.3 is 23.9 Å². The lowest BCUT2D eigenvalue weighted by atomic mass is 10.0. The molecule has 0 unspecified atom stereocenters. The van der Waals surface area contributed by atoms with Crippen LogP contribution in [-0.4, -0.2) is 36.4 Å². The Morgan fingerprint density at radius 3 is 1.85 bits per heavy atom. The van der Waals surface area contributed by atoms with Crippen LogP contribution in [-0.2, 0) is 4.79 Å². The fourth-order valence-corrected chi connectivity index (χ4v) is 1.90. The second-order valence-electron chi connectivity index (χ2n) is 5.13. The average molecular weight is 393 g/mol. The van der Waals surface area contributed by atoms with E-state index in [0.717, 1.165) is 0 Å². The molecule has 0 aliphatic heterocycles. The molecule has 0 fully saturated rings. The Labute approximate surface area is 141 Å². The van der Waals surface area contributed by atoms with E-state index in [9.17, 15) is 44.3 Å². The quantitative estimate of drug-likeness (QED) is 0.468. The molecule has 0 heterocycles. The van der Waals surface area contributed by atoms with Crippen molar-refractivity contribution < 1.29 is 44.3 Å². The molecule has 11 heteroatoms. The molecule has 0 bridgehead atoms. The highest BCUT2D eigenvalue weighted by molar-refractivity contribution is 6.01. The number of anilines is 1. The lowest BCUT2D eigenvalue weighted by Gasteiger charge is -2.34. The SMILES string of the molecule is C=CC(=O)N(CCC(F)(F)C(F)(F)C(F)(F)C(F)(F)F)c1ccccc1. The minimum Gasteiger partial charge on any atom is -0.309 e. The van der Waals surface area contributed by atoms with Crippen molar-refractivity contribution in [2.45, 2.75) is 30.4 Å². The smallest absolute Gasteiger partial charge is 0.309 e. The number of amides is 1. The topological polar surface area (TPSA) is 20.3 Å². The summed E-state index contributed by atoms with van der Waals surface area (Å²) in [6, 6.07) is 6.66. The zero-order valence-corrected chi connectivity index (χ0v) is 12.8. The Morgan fingerprint density at radius 2 is 1.42 bits per heavy atom. The van der Waals surface area contributed by atoms with Gasteiger partial charge in [-0.15, -0.1) is 0 Å². The molecule has 1 aromatic carbocycles. The summed E-state index contributed by atoms with van der Waals surface area (Å²) < 4.78 is 116. The van der Waals surface area contributed by atoms with Crippen LogP contribution in [0.1, 0.15) is 6.42 Å². The number of para-hydroxylation sites is 1. The van der Waals surface area contributed by atoms with Gasteiger partial charge in [-0.1, -0.05) is 24.8 Å². The maximum atomic E-state index is 13.6. The maximum Gasteiger partial charge on any atom is 0.460 e. The standard InChI is InChI=1S/C15H12F9NO/c1-2-11(26)25(10-6-4-3-5-7-10)9-8-12(16,17)13(18,19)14(20,21)15(22,23)24/h2-7H,1,8-9H2. The van der Waals surface area contributed by atoms with Crippen molar-refractivity contribution >= 4 is 11.6 Å². The number of hydrogen-bond donors (Lipinski definition) is 0. The summed E-state index contributed by atoms with van der Waals surface area (Å²) in [5, 5.41) is 0. The fourth-order valence-electron chi connectivity index (χ4n) is 1.90. The predicted molar refractivity (Wildman–Crippen MR) is 74.5 cm³/mol. The van der Waals surface area contributed by atoms with E-state index in [-0.39, 0.29) is 5.69 Å². The fraction of sp³-hybridized carbons (Fsp3) is 0.400. The van der Waals surface area contributed by atoms with E-state index in [1.165, 1.54) is 30.3 Å². The van der Waals surface area contributed by atoms with Crippen molar-refractivity contribution in [3.8, 4) is 0 Å². The molecule has 0 N–H and O–H groups in total. The molecule has 26 heavy (non-hydrogen) atoms. The molecular weight excluding hydrogens is 381 g/mol. The number of alkyl halides is 9. The van der Waals surface area contributed by atoms with Gasteiger partial charge < -0.3 is 4.90 Å². The van der Waals surface area contributed by atoms with E-state index >= 15 is 0 Å². The number of carbonyl (C=O) groups is 1. The van der Waals surface area contributed by atoms with Crippen LogP contribution in [0, 0.1) is 0 Å². The van der Waals surface area contributed by atoms with Crippen LogP contribution >= 0.6 is 0 Å². The molecule has 1 aromatic rings. The molecule has 146 valence electrons. The molecule has 0 saturated heterocycles. The number of halogens is 9. The van der Waals surface area contributed by atoms with Crippen LogP contribution in [0.4, 0.5) is 45.2 Å². The summed E-state index contributed by atoms with van der Waals surface area (Å²) in [4.78, 5) is 12.2. The lowest BCUT2D eigenvalue weighted by Crippen LogP contribution is -2.61. The molecule has 0 radical (unpaired) electrons. The highest BCUT2D eigenvalue weighted by Crippen LogP contribution is 2.54. The second kappa shape index (κ2) is 7.20. The molecule has 0 aliphatic carbocycles. The number of nitrogens with zero attached hydrogens (tertiary/aromatic N) is 1. The summed E-state index contributed by atoms with van der Waals surface area (Å²) in [5.74, 6) is -20.4. The molecule has 0 aromatic heterocycles. The van der Waals surface area contributed by atoms with Crippen LogP contribution in [0.25, 0.3) is 0 Å². The van der Waals surface area contributed by atoms with E-state index in [4.69, 9.17) is 0 Å². The van der Waals surface area contributed by atoms with Crippen LogP contribution in [0.5, 0.6) is 0 Å². The first kappa shape index (κ1) is 21.8. The largest absolute Gasteiger partial charge is 0.460 e. The summed E-state index contributed by atoms with van der Waals surface area (Å²) in [7, 11) is 0. The average Bonchev–Trinajstić information content (AvgIpc) is 2.54. The van der Waals surface area contributed by atoms with Crippen molar-refractivity contribution in [3.05, 3.63) is 43.0 Å². The van der Waals surface area contributed by atoms with Gasteiger partial charge in [-0.3, -0.25) is 4.79 Å². The Kier molecular flexibility index (Phi) is 6.05. The van der Waals surface area contributed by atoms with Gasteiger partial charge in [0.1, 0.15) is 0 Å². The van der Waals surface area contributed by atoms with Crippen LogP contribution < -0.4 is 4.90 Å². The minimum absolute atomic E-state index is 0.0564. The van der Waals surface area contributed by atoms with Crippen LogP contribution in [0.2, 0.25) is 0 Å². The van der Waals surface area contributed by atoms with E-state index in [1.54, 1.807) is 0 Å². The van der Waals surface area contributed by atoms with E-state index in [2.05, 4.69) is 6.58 Å². The zero-order valence-electron chi connectivity index (χ0n) is 12.8. The van der Waals surface area contributed by atoms with E-state index < -0.39 is 42.8 Å². The van der Waals surface area contributed by atoms with Crippen molar-refractivity contribution in [3.63, 3.8) is 0 Å². The third-order valence-electron chi connectivity index (χ3n) is 3.37. The highest BCUT2D eigenvalue weighted by Gasteiger charge is 2.81. The van der Waals surface area contributed by atoms with Crippen LogP contribution in [0.3, 0.4) is 0 Å². The van der Waals surface area contributed by atoms with Gasteiger partial charge in [0.15, 0.2) is 0 Å². The third kappa shape index (κ3) is 3.96. The monoisotopic (exact) mass is 393 g/mol. The van der Waals surface area contributed by atoms with Gasteiger partial charge in [0.2, 0.25) is 5.91 Å². The van der Waals surface area contributed by atoms with Gasteiger partial charge in [0.25, 0.3) is 0 Å². The van der Waals surface area contributed by atoms with Crippen LogP contribution in [0.15, 0.2) is 43.0 Å². The van der Waals surface area contributed by atoms with E-state index in [1.807, 2.05) is 0 Å². The van der Waals surface area contributed by atoms with Gasteiger partial charge in [-0.2, -0.15) is 39.5 Å². The number of hydrogen-bond acceptors (Lipinski definition) is 1. The molecule has 0 atom stereocenters. The highest BCUT2D eigenvalue weighted by atomic mass is 19.4. The summed E-state index contributed by atoms with van der Waals surface area (Å²) in [5.41, 5.74) is -0.0564. The Hall–Kier alpha value is -2.20. The number of benzene rings is 1. The van der Waals surface area contributed by atoms with Gasteiger partial charge in [0, 0.05) is 18.7 Å². The molecule has 0 spiro atoms.